The van der Waals surface area contributed by atoms with Gasteiger partial charge in [0, 0.05) is 21.3 Å². The van der Waals surface area contributed by atoms with Crippen molar-refractivity contribution >= 4 is 24.6 Å². The van der Waals surface area contributed by atoms with Crippen LogP contribution in [-0.4, -0.2) is 61.2 Å². The van der Waals surface area contributed by atoms with E-state index in [1.54, 1.807) is 0 Å². The topological polar surface area (TPSA) is 60.7 Å². The Labute approximate surface area is 97.8 Å². The predicted octanol–water partition coefficient (Wildman–Crippen LogP) is 0.810. The summed E-state index contributed by atoms with van der Waals surface area (Å²) < 4.78 is 0.826. The summed E-state index contributed by atoms with van der Waals surface area (Å²) in [4.78, 5) is 0. The molecule has 0 aromatic heterocycles. The molecule has 0 atom stereocenters. The van der Waals surface area contributed by atoms with E-state index in [0.717, 1.165) is 25.2 Å². The summed E-state index contributed by atoms with van der Waals surface area (Å²) in [5.41, 5.74) is 0. The predicted molar refractivity (Wildman–Crippen MR) is 65.5 cm³/mol. The van der Waals surface area contributed by atoms with E-state index in [0.29, 0.717) is 0 Å². The van der Waals surface area contributed by atoms with Crippen LogP contribution in [0.4, 0.5) is 0 Å². The molecule has 3 nitrogen and oxygen atoms in total. The molecule has 1 aliphatic carbocycles. The van der Waals surface area contributed by atoms with Crippen molar-refractivity contribution in [2.75, 3.05) is 21.3 Å². The molecule has 87 valence electrons. The Bertz CT molecular complexity index is 108. The molecule has 0 amide bonds. The third kappa shape index (κ3) is 7.99. The number of rotatable bonds is 1. The fraction of sp³-hybridized carbons (Fsp3) is 1.00. The van der Waals surface area contributed by atoms with Crippen molar-refractivity contribution in [1.29, 1.82) is 0 Å². The number of hydrogen-bond donors (Lipinski definition) is 3. The van der Waals surface area contributed by atoms with Gasteiger partial charge in [-0.05, 0) is 0 Å². The molecular weight excluding hydrogens is 257 g/mol. The summed E-state index contributed by atoms with van der Waals surface area (Å²) in [6.45, 7) is 7.42. The molecule has 5 heteroatoms. The minimum absolute atomic E-state index is 0.748. The van der Waals surface area contributed by atoms with Crippen molar-refractivity contribution in [2.24, 2.45) is 0 Å². The molecule has 3 radical (unpaired) electrons. The van der Waals surface area contributed by atoms with Crippen LogP contribution in [0.2, 0.25) is 23.5 Å². The van der Waals surface area contributed by atoms with Crippen LogP contribution in [0, 0.1) is 0 Å². The molecule has 0 saturated heterocycles. The molecule has 1 saturated carbocycles. The third-order valence-corrected chi connectivity index (χ3v) is 11.3. The molecule has 0 heterocycles. The molecule has 1 aliphatic rings. The molecule has 1 rings (SSSR count). The number of hydrogen-bond acceptors (Lipinski definition) is 3. The van der Waals surface area contributed by atoms with Crippen molar-refractivity contribution in [3.05, 3.63) is 0 Å². The number of aliphatic hydroxyl groups excluding tert-OH is 3. The summed E-state index contributed by atoms with van der Waals surface area (Å²) in [5.74, 6) is 0. The van der Waals surface area contributed by atoms with E-state index in [2.05, 4.69) is 36.2 Å². The van der Waals surface area contributed by atoms with Crippen LogP contribution in [0.25, 0.3) is 0 Å². The zero-order valence-electron chi connectivity index (χ0n) is 10.3. The molecule has 14 heavy (non-hydrogen) atoms. The summed E-state index contributed by atoms with van der Waals surface area (Å²) in [7, 11) is 2.25. The van der Waals surface area contributed by atoms with Crippen LogP contribution in [0.15, 0.2) is 0 Å². The average Bonchev–Trinajstić information content (AvgIpc) is 2.94. The van der Waals surface area contributed by atoms with Crippen molar-refractivity contribution in [3.63, 3.8) is 0 Å². The van der Waals surface area contributed by atoms with Crippen molar-refractivity contribution in [2.45, 2.75) is 36.4 Å². The third-order valence-electron chi connectivity index (χ3n) is 2.19. The van der Waals surface area contributed by atoms with Gasteiger partial charge in [-0.1, -0.05) is 0 Å². The maximum absolute atomic E-state index is 7.00. The van der Waals surface area contributed by atoms with Crippen LogP contribution in [0.5, 0.6) is 0 Å². The van der Waals surface area contributed by atoms with Crippen LogP contribution in [-0.2, 0) is 0 Å². The minimum atomic E-state index is -0.748. The van der Waals surface area contributed by atoms with Crippen LogP contribution < -0.4 is 0 Å². The standard InChI is InChI=1S/C6H13GeSi.3CH4O/c1-8(2,3)6(7)4-5-6;3*1-2/h4-5H2,1-3H3;3*2H,1H3. The van der Waals surface area contributed by atoms with Gasteiger partial charge in [0.2, 0.25) is 0 Å². The first kappa shape index (κ1) is 20.1. The summed E-state index contributed by atoms with van der Waals surface area (Å²) in [6.07, 6.45) is 3.01. The molecular formula is C9H25GeO3Si. The van der Waals surface area contributed by atoms with Gasteiger partial charge in [-0.2, -0.15) is 0 Å². The van der Waals surface area contributed by atoms with Gasteiger partial charge in [-0.3, -0.25) is 0 Å². The Morgan fingerprint density at radius 3 is 1.07 bits per heavy atom. The fourth-order valence-electron chi connectivity index (χ4n) is 0.875. The van der Waals surface area contributed by atoms with E-state index >= 15 is 0 Å². The quantitative estimate of drug-likeness (QED) is 0.624. The van der Waals surface area contributed by atoms with E-state index in [-0.39, 0.29) is 0 Å². The van der Waals surface area contributed by atoms with Gasteiger partial charge < -0.3 is 15.3 Å². The Morgan fingerprint density at radius 1 is 0.857 bits per heavy atom. The van der Waals surface area contributed by atoms with Gasteiger partial charge >= 0.3 is 60.9 Å². The summed E-state index contributed by atoms with van der Waals surface area (Å²) in [6, 6.07) is 0. The van der Waals surface area contributed by atoms with Crippen molar-refractivity contribution in [3.8, 4) is 0 Å². The maximum atomic E-state index is 7.00. The first-order chi connectivity index (χ1) is 6.46. The van der Waals surface area contributed by atoms with Gasteiger partial charge in [0.25, 0.3) is 0 Å². The normalized spacial score (nSPS) is 15.9. The van der Waals surface area contributed by atoms with Crippen LogP contribution >= 0.6 is 0 Å². The second kappa shape index (κ2) is 10.2. The molecule has 0 unspecified atom stereocenters. The Hall–Kier alpha value is 0.640. The van der Waals surface area contributed by atoms with E-state index in [1.165, 1.54) is 12.8 Å². The molecule has 3 N–H and O–H groups in total. The molecule has 1 fully saturated rings. The van der Waals surface area contributed by atoms with E-state index in [1.807, 2.05) is 0 Å². The number of aliphatic hydroxyl groups is 3. The first-order valence-electron chi connectivity index (χ1n) is 4.55. The first-order valence-corrected chi connectivity index (χ1v) is 9.10. The molecule has 0 aliphatic heterocycles. The Kier molecular flexibility index (Phi) is 14.6. The molecule has 0 spiro atoms. The van der Waals surface area contributed by atoms with Gasteiger partial charge in [0.05, 0.1) is 0 Å². The van der Waals surface area contributed by atoms with Gasteiger partial charge in [-0.15, -0.1) is 0 Å². The monoisotopic (exact) mass is 283 g/mol. The molecule has 0 aromatic carbocycles. The summed E-state index contributed by atoms with van der Waals surface area (Å²) in [5, 5.41) is 21.0. The Balaban J connectivity index is -0.000000174. The Morgan fingerprint density at radius 2 is 1.07 bits per heavy atom. The second-order valence-corrected chi connectivity index (χ2v) is 12.3. The summed E-state index contributed by atoms with van der Waals surface area (Å²) >= 11 is 2.44. The van der Waals surface area contributed by atoms with Gasteiger partial charge in [0.1, 0.15) is 0 Å². The average molecular weight is 282 g/mol. The fourth-order valence-corrected chi connectivity index (χ4v) is 2.76. The van der Waals surface area contributed by atoms with Gasteiger partial charge in [-0.25, -0.2) is 0 Å². The van der Waals surface area contributed by atoms with Crippen molar-refractivity contribution < 1.29 is 15.3 Å². The molecule has 0 bridgehead atoms. The zero-order valence-corrected chi connectivity index (χ0v) is 13.4. The van der Waals surface area contributed by atoms with Crippen LogP contribution in [0.1, 0.15) is 12.8 Å². The zero-order chi connectivity index (χ0) is 12.4. The van der Waals surface area contributed by atoms with Gasteiger partial charge in [0.15, 0.2) is 0 Å². The second-order valence-electron chi connectivity index (χ2n) is 3.83. The molecule has 0 aromatic rings. The van der Waals surface area contributed by atoms with Crippen LogP contribution in [0.3, 0.4) is 0 Å². The van der Waals surface area contributed by atoms with Crippen molar-refractivity contribution in [1.82, 2.24) is 0 Å². The SMILES string of the molecule is CO.CO.CO.C[Si](C)(C)[C]1([Ge])CC1. The van der Waals surface area contributed by atoms with E-state index in [9.17, 15) is 0 Å². The van der Waals surface area contributed by atoms with E-state index < -0.39 is 8.07 Å². The van der Waals surface area contributed by atoms with E-state index in [4.69, 9.17) is 15.3 Å².